The molecule has 0 aliphatic rings. The predicted octanol–water partition coefficient (Wildman–Crippen LogP) is 3.50. The van der Waals surface area contributed by atoms with Crippen LogP contribution in [0.1, 0.15) is 31.1 Å². The van der Waals surface area contributed by atoms with Crippen LogP contribution in [-0.4, -0.2) is 25.7 Å². The SMILES string of the molecule is CCNC(=NCc1ccco1)NCCCCOc1ccc(C)cc1. The number of nitrogens with zero attached hydrogens (tertiary/aromatic N) is 1. The standard InChI is InChI=1S/C19H27N3O2/c1-3-20-19(22-15-18-7-6-14-24-18)21-12-4-5-13-23-17-10-8-16(2)9-11-17/h6-11,14H,3-5,12-13,15H2,1-2H3,(H2,20,21,22). The summed E-state index contributed by atoms with van der Waals surface area (Å²) in [4.78, 5) is 4.50. The molecule has 1 heterocycles. The van der Waals surface area contributed by atoms with Crippen molar-refractivity contribution in [2.45, 2.75) is 33.2 Å². The van der Waals surface area contributed by atoms with Gasteiger partial charge >= 0.3 is 0 Å². The van der Waals surface area contributed by atoms with Crippen LogP contribution < -0.4 is 15.4 Å². The summed E-state index contributed by atoms with van der Waals surface area (Å²) >= 11 is 0. The lowest BCUT2D eigenvalue weighted by molar-refractivity contribution is 0.307. The average Bonchev–Trinajstić information content (AvgIpc) is 3.11. The van der Waals surface area contributed by atoms with Crippen molar-refractivity contribution in [3.8, 4) is 5.75 Å². The highest BCUT2D eigenvalue weighted by atomic mass is 16.5. The van der Waals surface area contributed by atoms with Crippen molar-refractivity contribution in [1.82, 2.24) is 10.6 Å². The molecule has 0 amide bonds. The van der Waals surface area contributed by atoms with E-state index in [4.69, 9.17) is 9.15 Å². The minimum Gasteiger partial charge on any atom is -0.494 e. The Kier molecular flexibility index (Phi) is 7.74. The van der Waals surface area contributed by atoms with Crippen LogP contribution in [0, 0.1) is 6.92 Å². The molecule has 1 aromatic carbocycles. The Hall–Kier alpha value is -2.43. The van der Waals surface area contributed by atoms with Crippen LogP contribution in [0.15, 0.2) is 52.1 Å². The number of rotatable bonds is 9. The normalized spacial score (nSPS) is 11.3. The van der Waals surface area contributed by atoms with Crippen LogP contribution in [0.25, 0.3) is 0 Å². The van der Waals surface area contributed by atoms with E-state index in [2.05, 4.69) is 41.6 Å². The molecule has 5 heteroatoms. The molecule has 0 unspecified atom stereocenters. The number of ether oxygens (including phenoxy) is 1. The first-order chi connectivity index (χ1) is 11.8. The molecule has 2 N–H and O–H groups in total. The van der Waals surface area contributed by atoms with Gasteiger partial charge in [-0.3, -0.25) is 0 Å². The summed E-state index contributed by atoms with van der Waals surface area (Å²) in [6.45, 7) is 7.09. The highest BCUT2D eigenvalue weighted by Gasteiger charge is 1.99. The number of benzene rings is 1. The molecule has 0 radical (unpaired) electrons. The van der Waals surface area contributed by atoms with Crippen molar-refractivity contribution in [2.24, 2.45) is 4.99 Å². The van der Waals surface area contributed by atoms with Crippen LogP contribution in [0.2, 0.25) is 0 Å². The molecule has 0 bridgehead atoms. The van der Waals surface area contributed by atoms with E-state index in [1.807, 2.05) is 24.3 Å². The van der Waals surface area contributed by atoms with Crippen molar-refractivity contribution < 1.29 is 9.15 Å². The van der Waals surface area contributed by atoms with Gasteiger partial charge in [0, 0.05) is 13.1 Å². The Labute approximate surface area is 144 Å². The fourth-order valence-corrected chi connectivity index (χ4v) is 2.16. The largest absolute Gasteiger partial charge is 0.494 e. The lowest BCUT2D eigenvalue weighted by Crippen LogP contribution is -2.37. The molecule has 0 spiro atoms. The fourth-order valence-electron chi connectivity index (χ4n) is 2.16. The second-order valence-corrected chi connectivity index (χ2v) is 5.57. The highest BCUT2D eigenvalue weighted by molar-refractivity contribution is 5.79. The topological polar surface area (TPSA) is 58.8 Å². The Morgan fingerprint density at radius 1 is 1.12 bits per heavy atom. The Morgan fingerprint density at radius 3 is 2.67 bits per heavy atom. The molecule has 0 fully saturated rings. The van der Waals surface area contributed by atoms with Gasteiger partial charge in [0.25, 0.3) is 0 Å². The molecule has 0 saturated heterocycles. The third-order valence-electron chi connectivity index (χ3n) is 3.47. The molecule has 1 aromatic heterocycles. The van der Waals surface area contributed by atoms with E-state index < -0.39 is 0 Å². The zero-order valence-corrected chi connectivity index (χ0v) is 14.5. The quantitative estimate of drug-likeness (QED) is 0.420. The van der Waals surface area contributed by atoms with Crippen molar-refractivity contribution in [3.05, 3.63) is 54.0 Å². The third kappa shape index (κ3) is 6.77. The number of hydrogen-bond acceptors (Lipinski definition) is 3. The summed E-state index contributed by atoms with van der Waals surface area (Å²) < 4.78 is 11.0. The molecule has 0 atom stereocenters. The number of nitrogens with one attached hydrogen (secondary N) is 2. The lowest BCUT2D eigenvalue weighted by atomic mass is 10.2. The zero-order chi connectivity index (χ0) is 17.0. The third-order valence-corrected chi connectivity index (χ3v) is 3.47. The van der Waals surface area contributed by atoms with Crippen LogP contribution in [0.4, 0.5) is 0 Å². The van der Waals surface area contributed by atoms with Gasteiger partial charge in [-0.05, 0) is 51.0 Å². The zero-order valence-electron chi connectivity index (χ0n) is 14.5. The monoisotopic (exact) mass is 329 g/mol. The van der Waals surface area contributed by atoms with Crippen LogP contribution in [-0.2, 0) is 6.54 Å². The van der Waals surface area contributed by atoms with Gasteiger partial charge in [-0.2, -0.15) is 0 Å². The van der Waals surface area contributed by atoms with E-state index in [0.29, 0.717) is 6.54 Å². The molecule has 24 heavy (non-hydrogen) atoms. The number of aliphatic imine (C=N–C) groups is 1. The summed E-state index contributed by atoms with van der Waals surface area (Å²) in [6.07, 6.45) is 3.69. The second-order valence-electron chi connectivity index (χ2n) is 5.57. The molecular formula is C19H27N3O2. The van der Waals surface area contributed by atoms with Gasteiger partial charge in [0.1, 0.15) is 18.1 Å². The van der Waals surface area contributed by atoms with E-state index in [1.54, 1.807) is 6.26 Å². The molecule has 2 aromatic rings. The first-order valence-electron chi connectivity index (χ1n) is 8.52. The number of guanidine groups is 1. The molecule has 0 aliphatic heterocycles. The first kappa shape index (κ1) is 17.9. The lowest BCUT2D eigenvalue weighted by Gasteiger charge is -2.11. The van der Waals surface area contributed by atoms with E-state index in [-0.39, 0.29) is 0 Å². The van der Waals surface area contributed by atoms with Crippen molar-refractivity contribution in [2.75, 3.05) is 19.7 Å². The molecular weight excluding hydrogens is 302 g/mol. The minimum atomic E-state index is 0.541. The number of furan rings is 1. The van der Waals surface area contributed by atoms with E-state index in [1.165, 1.54) is 5.56 Å². The maximum absolute atomic E-state index is 5.73. The fraction of sp³-hybridized carbons (Fsp3) is 0.421. The van der Waals surface area contributed by atoms with E-state index >= 15 is 0 Å². The molecule has 130 valence electrons. The Morgan fingerprint density at radius 2 is 1.96 bits per heavy atom. The number of hydrogen-bond donors (Lipinski definition) is 2. The van der Waals surface area contributed by atoms with Crippen LogP contribution in [0.5, 0.6) is 5.75 Å². The number of aryl methyl sites for hydroxylation is 1. The van der Waals surface area contributed by atoms with Gasteiger partial charge in [-0.1, -0.05) is 17.7 Å². The highest BCUT2D eigenvalue weighted by Crippen LogP contribution is 2.11. The van der Waals surface area contributed by atoms with E-state index in [9.17, 15) is 0 Å². The molecule has 0 aliphatic carbocycles. The Balaban J connectivity index is 1.61. The van der Waals surface area contributed by atoms with Crippen LogP contribution in [0.3, 0.4) is 0 Å². The summed E-state index contributed by atoms with van der Waals surface area (Å²) in [5, 5.41) is 6.56. The molecule has 5 nitrogen and oxygen atoms in total. The summed E-state index contributed by atoms with van der Waals surface area (Å²) in [6, 6.07) is 12.0. The summed E-state index contributed by atoms with van der Waals surface area (Å²) in [7, 11) is 0. The molecule has 0 saturated carbocycles. The minimum absolute atomic E-state index is 0.541. The summed E-state index contributed by atoms with van der Waals surface area (Å²) in [5.74, 6) is 2.61. The van der Waals surface area contributed by atoms with Crippen molar-refractivity contribution in [3.63, 3.8) is 0 Å². The smallest absolute Gasteiger partial charge is 0.191 e. The van der Waals surface area contributed by atoms with Gasteiger partial charge in [0.2, 0.25) is 0 Å². The van der Waals surface area contributed by atoms with Crippen molar-refractivity contribution >= 4 is 5.96 Å². The van der Waals surface area contributed by atoms with Gasteiger partial charge in [-0.15, -0.1) is 0 Å². The van der Waals surface area contributed by atoms with Gasteiger partial charge < -0.3 is 19.8 Å². The predicted molar refractivity (Wildman–Crippen MR) is 97.4 cm³/mol. The van der Waals surface area contributed by atoms with Gasteiger partial charge in [-0.25, -0.2) is 4.99 Å². The first-order valence-corrected chi connectivity index (χ1v) is 8.52. The van der Waals surface area contributed by atoms with Crippen LogP contribution >= 0.6 is 0 Å². The number of unbranched alkanes of at least 4 members (excludes halogenated alkanes) is 1. The van der Waals surface area contributed by atoms with E-state index in [0.717, 1.165) is 50.0 Å². The summed E-state index contributed by atoms with van der Waals surface area (Å²) in [5.41, 5.74) is 1.25. The maximum Gasteiger partial charge on any atom is 0.191 e. The van der Waals surface area contributed by atoms with Crippen molar-refractivity contribution in [1.29, 1.82) is 0 Å². The van der Waals surface area contributed by atoms with Gasteiger partial charge in [0.15, 0.2) is 5.96 Å². The average molecular weight is 329 g/mol. The second kappa shape index (κ2) is 10.4. The maximum atomic E-state index is 5.73. The van der Waals surface area contributed by atoms with Gasteiger partial charge in [0.05, 0.1) is 12.9 Å². The molecule has 2 rings (SSSR count). The Bertz CT molecular complexity index is 592.